The predicted octanol–water partition coefficient (Wildman–Crippen LogP) is 2.49. The Morgan fingerprint density at radius 3 is 2.72 bits per heavy atom. The van der Waals surface area contributed by atoms with E-state index >= 15 is 0 Å². The van der Waals surface area contributed by atoms with Gasteiger partial charge in [0.25, 0.3) is 0 Å². The van der Waals surface area contributed by atoms with Gasteiger partial charge in [0, 0.05) is 5.69 Å². The van der Waals surface area contributed by atoms with Crippen LogP contribution in [0.2, 0.25) is 0 Å². The van der Waals surface area contributed by atoms with Crippen molar-refractivity contribution in [3.05, 3.63) is 41.1 Å². The zero-order valence-corrected chi connectivity index (χ0v) is 10.9. The van der Waals surface area contributed by atoms with Crippen LogP contribution >= 0.6 is 0 Å². The molecule has 0 radical (unpaired) electrons. The first kappa shape index (κ1) is 12.4. The fourth-order valence-electron chi connectivity index (χ4n) is 1.95. The molecule has 1 atom stereocenters. The molecule has 5 heteroatoms. The molecule has 2 rings (SSSR count). The van der Waals surface area contributed by atoms with E-state index in [-0.39, 0.29) is 11.8 Å². The van der Waals surface area contributed by atoms with Gasteiger partial charge in [0.1, 0.15) is 11.8 Å². The highest BCUT2D eigenvalue weighted by molar-refractivity contribution is 5.86. The van der Waals surface area contributed by atoms with Gasteiger partial charge in [0.15, 0.2) is 0 Å². The smallest absolute Gasteiger partial charge is 0.373 e. The molecule has 18 heavy (non-hydrogen) atoms. The minimum atomic E-state index is -0.471. The van der Waals surface area contributed by atoms with Crippen molar-refractivity contribution in [3.63, 3.8) is 0 Å². The monoisotopic (exact) mass is 248 g/mol. The van der Waals surface area contributed by atoms with Crippen molar-refractivity contribution in [3.8, 4) is 0 Å². The summed E-state index contributed by atoms with van der Waals surface area (Å²) in [7, 11) is 1.33. The van der Waals surface area contributed by atoms with E-state index in [4.69, 9.17) is 4.42 Å². The second kappa shape index (κ2) is 4.68. The maximum Gasteiger partial charge on any atom is 0.373 e. The topological polar surface area (TPSA) is 57.3 Å². The summed E-state index contributed by atoms with van der Waals surface area (Å²) in [5.41, 5.74) is 2.01. The van der Waals surface area contributed by atoms with Gasteiger partial charge in [-0.3, -0.25) is 4.68 Å². The molecular weight excluding hydrogens is 232 g/mol. The summed E-state index contributed by atoms with van der Waals surface area (Å²) in [6, 6.07) is 5.33. The third kappa shape index (κ3) is 2.16. The Kier molecular flexibility index (Phi) is 3.23. The lowest BCUT2D eigenvalue weighted by Crippen LogP contribution is -2.09. The lowest BCUT2D eigenvalue weighted by atomic mass is 10.2. The molecule has 0 spiro atoms. The SMILES string of the molecule is COC(=O)c1ccc(C(C)n2nc(C)cc2C)o1. The quantitative estimate of drug-likeness (QED) is 0.783. The standard InChI is InChI=1S/C13H16N2O3/c1-8-7-9(2)15(14-8)10(3)11-5-6-12(18-11)13(16)17-4/h5-7,10H,1-4H3. The van der Waals surface area contributed by atoms with Gasteiger partial charge >= 0.3 is 5.97 Å². The molecule has 0 saturated heterocycles. The van der Waals surface area contributed by atoms with Gasteiger partial charge < -0.3 is 9.15 Å². The summed E-state index contributed by atoms with van der Waals surface area (Å²) in [5, 5.41) is 4.40. The van der Waals surface area contributed by atoms with Crippen molar-refractivity contribution >= 4 is 5.97 Å². The summed E-state index contributed by atoms with van der Waals surface area (Å²) in [6.45, 7) is 5.90. The Balaban J connectivity index is 2.29. The summed E-state index contributed by atoms with van der Waals surface area (Å²) >= 11 is 0. The number of aryl methyl sites for hydroxylation is 2. The predicted molar refractivity (Wildman–Crippen MR) is 65.6 cm³/mol. The molecule has 0 N–H and O–H groups in total. The van der Waals surface area contributed by atoms with Gasteiger partial charge in [-0.2, -0.15) is 5.10 Å². The summed E-state index contributed by atoms with van der Waals surface area (Å²) in [5.74, 6) is 0.421. The van der Waals surface area contributed by atoms with Crippen LogP contribution in [0.15, 0.2) is 22.6 Å². The summed E-state index contributed by atoms with van der Waals surface area (Å²) in [6.07, 6.45) is 0. The summed E-state index contributed by atoms with van der Waals surface area (Å²) in [4.78, 5) is 11.3. The van der Waals surface area contributed by atoms with Gasteiger partial charge in [-0.25, -0.2) is 4.79 Å². The zero-order chi connectivity index (χ0) is 13.3. The second-order valence-electron chi connectivity index (χ2n) is 4.24. The summed E-state index contributed by atoms with van der Waals surface area (Å²) < 4.78 is 12.0. The number of methoxy groups -OCH3 is 1. The largest absolute Gasteiger partial charge is 0.463 e. The van der Waals surface area contributed by atoms with E-state index in [2.05, 4.69) is 9.84 Å². The molecule has 5 nitrogen and oxygen atoms in total. The van der Waals surface area contributed by atoms with E-state index < -0.39 is 5.97 Å². The number of rotatable bonds is 3. The molecule has 0 aromatic carbocycles. The molecule has 0 aliphatic heterocycles. The molecular formula is C13H16N2O3. The molecule has 0 saturated carbocycles. The number of furan rings is 1. The highest BCUT2D eigenvalue weighted by atomic mass is 16.5. The van der Waals surface area contributed by atoms with Gasteiger partial charge in [0.2, 0.25) is 5.76 Å². The number of carbonyl (C=O) groups is 1. The van der Waals surface area contributed by atoms with Gasteiger partial charge in [0.05, 0.1) is 12.8 Å². The Morgan fingerprint density at radius 1 is 1.44 bits per heavy atom. The fourth-order valence-corrected chi connectivity index (χ4v) is 1.95. The Bertz CT molecular complexity index is 569. The molecule has 0 amide bonds. The average molecular weight is 248 g/mol. The number of aromatic nitrogens is 2. The molecule has 96 valence electrons. The van der Waals surface area contributed by atoms with E-state index in [1.54, 1.807) is 12.1 Å². The van der Waals surface area contributed by atoms with Gasteiger partial charge in [-0.1, -0.05) is 0 Å². The van der Waals surface area contributed by atoms with Crippen molar-refractivity contribution in [2.75, 3.05) is 7.11 Å². The van der Waals surface area contributed by atoms with E-state index in [1.807, 2.05) is 31.5 Å². The molecule has 2 heterocycles. The van der Waals surface area contributed by atoms with Crippen LogP contribution in [0.25, 0.3) is 0 Å². The number of carbonyl (C=O) groups excluding carboxylic acids is 1. The van der Waals surface area contributed by atoms with E-state index in [1.165, 1.54) is 7.11 Å². The molecule has 0 fully saturated rings. The third-order valence-corrected chi connectivity index (χ3v) is 2.84. The van der Waals surface area contributed by atoms with Crippen molar-refractivity contribution in [1.82, 2.24) is 9.78 Å². The number of ether oxygens (including phenoxy) is 1. The molecule has 0 aliphatic carbocycles. The zero-order valence-electron chi connectivity index (χ0n) is 10.9. The maximum absolute atomic E-state index is 11.3. The van der Waals surface area contributed by atoms with Crippen molar-refractivity contribution in [2.24, 2.45) is 0 Å². The van der Waals surface area contributed by atoms with Crippen LogP contribution in [0.4, 0.5) is 0 Å². The molecule has 2 aromatic heterocycles. The molecule has 2 aromatic rings. The third-order valence-electron chi connectivity index (χ3n) is 2.84. The van der Waals surface area contributed by atoms with Crippen LogP contribution in [0, 0.1) is 13.8 Å². The first-order valence-electron chi connectivity index (χ1n) is 5.73. The van der Waals surface area contributed by atoms with Crippen LogP contribution in [-0.4, -0.2) is 22.9 Å². The lowest BCUT2D eigenvalue weighted by molar-refractivity contribution is 0.0562. The lowest BCUT2D eigenvalue weighted by Gasteiger charge is -2.11. The van der Waals surface area contributed by atoms with Crippen LogP contribution in [-0.2, 0) is 4.74 Å². The molecule has 0 bridgehead atoms. The van der Waals surface area contributed by atoms with Crippen LogP contribution < -0.4 is 0 Å². The van der Waals surface area contributed by atoms with Crippen molar-refractivity contribution in [1.29, 1.82) is 0 Å². The minimum Gasteiger partial charge on any atom is -0.463 e. The Hall–Kier alpha value is -2.04. The van der Waals surface area contributed by atoms with E-state index in [0.29, 0.717) is 5.76 Å². The van der Waals surface area contributed by atoms with Crippen LogP contribution in [0.5, 0.6) is 0 Å². The Morgan fingerprint density at radius 2 is 2.17 bits per heavy atom. The first-order chi connectivity index (χ1) is 8.52. The highest BCUT2D eigenvalue weighted by Gasteiger charge is 2.18. The van der Waals surface area contributed by atoms with Gasteiger partial charge in [-0.05, 0) is 39.0 Å². The minimum absolute atomic E-state index is 0.0582. The number of esters is 1. The average Bonchev–Trinajstić information content (AvgIpc) is 2.94. The van der Waals surface area contributed by atoms with E-state index in [9.17, 15) is 4.79 Å². The molecule has 1 unspecified atom stereocenters. The van der Waals surface area contributed by atoms with Crippen molar-refractivity contribution < 1.29 is 13.9 Å². The highest BCUT2D eigenvalue weighted by Crippen LogP contribution is 2.22. The maximum atomic E-state index is 11.3. The normalized spacial score (nSPS) is 12.4. The van der Waals surface area contributed by atoms with Gasteiger partial charge in [-0.15, -0.1) is 0 Å². The number of hydrogen-bond acceptors (Lipinski definition) is 4. The van der Waals surface area contributed by atoms with Crippen LogP contribution in [0.3, 0.4) is 0 Å². The van der Waals surface area contributed by atoms with Crippen molar-refractivity contribution in [2.45, 2.75) is 26.8 Å². The van der Waals surface area contributed by atoms with E-state index in [0.717, 1.165) is 11.4 Å². The first-order valence-corrected chi connectivity index (χ1v) is 5.73. The second-order valence-corrected chi connectivity index (χ2v) is 4.24. The number of hydrogen-bond donors (Lipinski definition) is 0. The number of nitrogens with zero attached hydrogens (tertiary/aromatic N) is 2. The Labute approximate surface area is 105 Å². The molecule has 0 aliphatic rings. The fraction of sp³-hybridized carbons (Fsp3) is 0.385. The van der Waals surface area contributed by atoms with Crippen LogP contribution in [0.1, 0.15) is 40.7 Å².